The molecule has 0 aromatic heterocycles. The first-order valence-corrected chi connectivity index (χ1v) is 15.4. The van der Waals surface area contributed by atoms with Crippen molar-refractivity contribution in [2.75, 3.05) is 5.73 Å². The first-order valence-electron chi connectivity index (χ1n) is 15.4. The molecule has 0 saturated carbocycles. The normalized spacial score (nSPS) is 14.1. The lowest BCUT2D eigenvalue weighted by Gasteiger charge is -2.17. The van der Waals surface area contributed by atoms with E-state index in [-0.39, 0.29) is 0 Å². The van der Waals surface area contributed by atoms with Gasteiger partial charge in [0.2, 0.25) is 0 Å². The molecule has 0 spiro atoms. The zero-order chi connectivity index (χ0) is 30.6. The largest absolute Gasteiger partial charge is 0.399 e. The van der Waals surface area contributed by atoms with E-state index >= 15 is 0 Å². The Hall–Kier alpha value is -5.73. The van der Waals surface area contributed by atoms with E-state index in [2.05, 4.69) is 146 Å². The second-order valence-electron chi connectivity index (χ2n) is 11.4. The second-order valence-corrected chi connectivity index (χ2v) is 11.4. The molecule has 1 aliphatic carbocycles. The van der Waals surface area contributed by atoms with Crippen LogP contribution in [0.15, 0.2) is 174 Å². The van der Waals surface area contributed by atoms with E-state index < -0.39 is 0 Å². The molecule has 6 aromatic rings. The van der Waals surface area contributed by atoms with Gasteiger partial charge in [-0.1, -0.05) is 146 Å². The fourth-order valence-corrected chi connectivity index (χ4v) is 6.13. The van der Waals surface area contributed by atoms with E-state index in [0.29, 0.717) is 0 Å². The predicted molar refractivity (Wildman–Crippen MR) is 193 cm³/mol. The zero-order valence-corrected chi connectivity index (χ0v) is 25.3. The average molecular weight is 579 g/mol. The molecule has 0 saturated heterocycles. The van der Waals surface area contributed by atoms with Crippen LogP contribution in [0.2, 0.25) is 0 Å². The van der Waals surface area contributed by atoms with Crippen LogP contribution in [0, 0.1) is 0 Å². The van der Waals surface area contributed by atoms with E-state index in [4.69, 9.17) is 10.7 Å². The van der Waals surface area contributed by atoms with Gasteiger partial charge < -0.3 is 5.73 Å². The number of rotatable bonds is 6. The quantitative estimate of drug-likeness (QED) is 0.155. The molecular weight excluding hydrogens is 544 g/mol. The van der Waals surface area contributed by atoms with Crippen molar-refractivity contribution in [3.63, 3.8) is 0 Å². The number of nitrogen functional groups attached to an aromatic ring is 1. The van der Waals surface area contributed by atoms with E-state index in [1.54, 1.807) is 0 Å². The SMILES string of the molecule is CC(=N/C(=C1/C=CC=CC1)c1cccc(-c2c(-c3ccc(-c4cccc(N)c4)cc3)ccc3ccccc23)c1)c1ccccc1. The molecule has 0 radical (unpaired) electrons. The van der Waals surface area contributed by atoms with Crippen LogP contribution in [-0.4, -0.2) is 5.71 Å². The Kier molecular flexibility index (Phi) is 7.78. The summed E-state index contributed by atoms with van der Waals surface area (Å²) in [6, 6.07) is 49.3. The van der Waals surface area contributed by atoms with Gasteiger partial charge in [-0.3, -0.25) is 4.99 Å². The molecule has 1 aliphatic rings. The maximum atomic E-state index is 6.07. The van der Waals surface area contributed by atoms with Crippen molar-refractivity contribution in [3.05, 3.63) is 181 Å². The second kappa shape index (κ2) is 12.5. The van der Waals surface area contributed by atoms with Crippen molar-refractivity contribution in [2.45, 2.75) is 13.3 Å². The van der Waals surface area contributed by atoms with Crippen molar-refractivity contribution in [1.82, 2.24) is 0 Å². The van der Waals surface area contributed by atoms with Crippen molar-refractivity contribution in [1.29, 1.82) is 0 Å². The minimum absolute atomic E-state index is 0.769. The Balaban J connectivity index is 1.37. The maximum absolute atomic E-state index is 6.07. The van der Waals surface area contributed by atoms with Crippen LogP contribution in [0.3, 0.4) is 0 Å². The topological polar surface area (TPSA) is 38.4 Å². The fourth-order valence-electron chi connectivity index (χ4n) is 6.13. The summed E-state index contributed by atoms with van der Waals surface area (Å²) in [6.45, 7) is 2.10. The van der Waals surface area contributed by atoms with Gasteiger partial charge in [-0.15, -0.1) is 0 Å². The van der Waals surface area contributed by atoms with Gasteiger partial charge in [0.15, 0.2) is 0 Å². The first-order chi connectivity index (χ1) is 22.1. The molecule has 0 heterocycles. The summed E-state index contributed by atoms with van der Waals surface area (Å²) < 4.78 is 0. The van der Waals surface area contributed by atoms with E-state index in [9.17, 15) is 0 Å². The number of aliphatic imine (C=N–C) groups is 1. The van der Waals surface area contributed by atoms with Gasteiger partial charge in [-0.25, -0.2) is 0 Å². The number of nitrogens with zero attached hydrogens (tertiary/aromatic N) is 1. The van der Waals surface area contributed by atoms with Crippen LogP contribution >= 0.6 is 0 Å². The van der Waals surface area contributed by atoms with Gasteiger partial charge in [0.1, 0.15) is 0 Å². The van der Waals surface area contributed by atoms with Crippen LogP contribution in [0.25, 0.3) is 49.9 Å². The Morgan fingerprint density at radius 2 is 1.33 bits per heavy atom. The molecule has 2 N–H and O–H groups in total. The number of nitrogens with two attached hydrogens (primary N) is 1. The number of hydrogen-bond donors (Lipinski definition) is 1. The molecular formula is C43H34N2. The van der Waals surface area contributed by atoms with Crippen LogP contribution < -0.4 is 5.73 Å². The van der Waals surface area contributed by atoms with E-state index in [1.165, 1.54) is 38.6 Å². The number of anilines is 1. The van der Waals surface area contributed by atoms with Crippen LogP contribution in [0.1, 0.15) is 24.5 Å². The summed E-state index contributed by atoms with van der Waals surface area (Å²) in [6.07, 6.45) is 9.44. The minimum Gasteiger partial charge on any atom is -0.399 e. The molecule has 0 aliphatic heterocycles. The van der Waals surface area contributed by atoms with Gasteiger partial charge in [0.25, 0.3) is 0 Å². The standard InChI is InChI=1S/C43H34N2/c1-30(31-12-4-2-5-13-31)45-43(35-15-6-3-7-16-35)38-19-10-18-37(28-38)42-40-21-9-8-14-33(40)26-27-41(42)34-24-22-32(23-25-34)36-17-11-20-39(44)29-36/h2-15,17-29H,16,44H2,1H3/b43-35-,45-30?. The van der Waals surface area contributed by atoms with Crippen LogP contribution in [0.4, 0.5) is 5.69 Å². The number of fused-ring (bicyclic) bond motifs is 1. The van der Waals surface area contributed by atoms with E-state index in [0.717, 1.165) is 45.8 Å². The third-order valence-electron chi connectivity index (χ3n) is 8.43. The number of allylic oxidation sites excluding steroid dienone is 5. The summed E-state index contributed by atoms with van der Waals surface area (Å²) in [5.41, 5.74) is 19.3. The van der Waals surface area contributed by atoms with Gasteiger partial charge >= 0.3 is 0 Å². The Labute approximate surface area is 265 Å². The predicted octanol–water partition coefficient (Wildman–Crippen LogP) is 11.2. The smallest absolute Gasteiger partial charge is 0.0740 e. The monoisotopic (exact) mass is 578 g/mol. The highest BCUT2D eigenvalue weighted by Gasteiger charge is 2.15. The average Bonchev–Trinajstić information content (AvgIpc) is 3.11. The van der Waals surface area contributed by atoms with Gasteiger partial charge in [-0.2, -0.15) is 0 Å². The third-order valence-corrected chi connectivity index (χ3v) is 8.43. The van der Waals surface area contributed by atoms with Crippen molar-refractivity contribution < 1.29 is 0 Å². The summed E-state index contributed by atoms with van der Waals surface area (Å²) in [5, 5.41) is 2.45. The molecule has 2 heteroatoms. The lowest BCUT2D eigenvalue weighted by Crippen LogP contribution is -1.98. The van der Waals surface area contributed by atoms with Gasteiger partial charge in [0, 0.05) is 17.0 Å². The molecule has 0 unspecified atom stereocenters. The van der Waals surface area contributed by atoms with Crippen LogP contribution in [-0.2, 0) is 0 Å². The lowest BCUT2D eigenvalue weighted by atomic mass is 9.88. The molecule has 216 valence electrons. The highest BCUT2D eigenvalue weighted by molar-refractivity contribution is 6.05. The third kappa shape index (κ3) is 5.91. The Morgan fingerprint density at radius 3 is 2.13 bits per heavy atom. The van der Waals surface area contributed by atoms with Crippen molar-refractivity contribution >= 4 is 27.9 Å². The number of benzene rings is 6. The molecule has 6 aromatic carbocycles. The summed E-state index contributed by atoms with van der Waals surface area (Å²) in [7, 11) is 0. The maximum Gasteiger partial charge on any atom is 0.0740 e. The van der Waals surface area contributed by atoms with Crippen LogP contribution in [0.5, 0.6) is 0 Å². The minimum atomic E-state index is 0.769. The molecule has 0 atom stereocenters. The molecule has 7 rings (SSSR count). The Bertz CT molecular complexity index is 2130. The summed E-state index contributed by atoms with van der Waals surface area (Å²) in [4.78, 5) is 5.27. The first kappa shape index (κ1) is 28.1. The lowest BCUT2D eigenvalue weighted by molar-refractivity contribution is 1.24. The van der Waals surface area contributed by atoms with Crippen molar-refractivity contribution in [2.24, 2.45) is 4.99 Å². The highest BCUT2D eigenvalue weighted by atomic mass is 14.8. The Morgan fingerprint density at radius 1 is 0.600 bits per heavy atom. The zero-order valence-electron chi connectivity index (χ0n) is 25.3. The highest BCUT2D eigenvalue weighted by Crippen LogP contribution is 2.40. The van der Waals surface area contributed by atoms with Gasteiger partial charge in [0.05, 0.1) is 5.70 Å². The van der Waals surface area contributed by atoms with Crippen molar-refractivity contribution in [3.8, 4) is 33.4 Å². The van der Waals surface area contributed by atoms with E-state index in [1.807, 2.05) is 24.3 Å². The molecule has 0 bridgehead atoms. The molecule has 0 amide bonds. The molecule has 45 heavy (non-hydrogen) atoms. The van der Waals surface area contributed by atoms with Gasteiger partial charge in [-0.05, 0) is 86.8 Å². The molecule has 0 fully saturated rings. The summed E-state index contributed by atoms with van der Waals surface area (Å²) >= 11 is 0. The molecule has 2 nitrogen and oxygen atoms in total. The summed E-state index contributed by atoms with van der Waals surface area (Å²) in [5.74, 6) is 0. The fraction of sp³-hybridized carbons (Fsp3) is 0.0465. The number of hydrogen-bond acceptors (Lipinski definition) is 2.